The third-order valence-corrected chi connectivity index (χ3v) is 8.58. The summed E-state index contributed by atoms with van der Waals surface area (Å²) >= 11 is 4.87. The molecular weight excluding hydrogens is 472 g/mol. The van der Waals surface area contributed by atoms with Crippen LogP contribution in [0, 0.1) is 17.8 Å². The highest BCUT2D eigenvalue weighted by molar-refractivity contribution is 9.10. The van der Waals surface area contributed by atoms with Crippen molar-refractivity contribution in [1.29, 1.82) is 0 Å². The van der Waals surface area contributed by atoms with Gasteiger partial charge in [0.25, 0.3) is 5.91 Å². The van der Waals surface area contributed by atoms with Gasteiger partial charge in [-0.2, -0.15) is 0 Å². The van der Waals surface area contributed by atoms with E-state index in [-0.39, 0.29) is 17.4 Å². The van der Waals surface area contributed by atoms with Crippen LogP contribution in [0.4, 0.5) is 5.69 Å². The second-order valence-corrected chi connectivity index (χ2v) is 11.4. The summed E-state index contributed by atoms with van der Waals surface area (Å²) < 4.78 is 0.911. The predicted molar refractivity (Wildman–Crippen MR) is 128 cm³/mol. The van der Waals surface area contributed by atoms with Crippen LogP contribution in [-0.2, 0) is 4.79 Å². The van der Waals surface area contributed by atoms with E-state index in [0.29, 0.717) is 11.3 Å². The molecule has 31 heavy (non-hydrogen) atoms. The maximum atomic E-state index is 12.9. The average Bonchev–Trinajstić information content (AvgIpc) is 2.71. The van der Waals surface area contributed by atoms with E-state index in [4.69, 9.17) is 0 Å². The fraction of sp³-hybridized carbons (Fsp3) is 0.440. The fourth-order valence-electron chi connectivity index (χ4n) is 6.28. The Morgan fingerprint density at radius 1 is 0.968 bits per heavy atom. The van der Waals surface area contributed by atoms with E-state index in [2.05, 4.69) is 26.6 Å². The van der Waals surface area contributed by atoms with Crippen LogP contribution in [0.15, 0.2) is 57.9 Å². The molecule has 4 fully saturated rings. The molecule has 0 atom stereocenters. The molecule has 0 unspecified atom stereocenters. The summed E-state index contributed by atoms with van der Waals surface area (Å²) in [5.74, 6) is 2.69. The molecule has 2 aromatic carbocycles. The summed E-state index contributed by atoms with van der Waals surface area (Å²) in [5, 5.41) is 6.37. The lowest BCUT2D eigenvalue weighted by molar-refractivity contribution is -0.124. The maximum Gasteiger partial charge on any atom is 0.256 e. The SMILES string of the molecule is O=C(CSc1ccccc1C(=O)Nc1cccc(Br)c1)NC12CC3CC(CC(C3)C1)C2. The van der Waals surface area contributed by atoms with Crippen molar-refractivity contribution in [2.75, 3.05) is 11.1 Å². The van der Waals surface area contributed by atoms with Gasteiger partial charge in [-0.05, 0) is 86.6 Å². The Bertz CT molecular complexity index is 973. The van der Waals surface area contributed by atoms with Gasteiger partial charge in [0.1, 0.15) is 0 Å². The number of hydrogen-bond donors (Lipinski definition) is 2. The second kappa shape index (κ2) is 8.62. The minimum Gasteiger partial charge on any atom is -0.350 e. The zero-order valence-corrected chi connectivity index (χ0v) is 19.8. The topological polar surface area (TPSA) is 58.2 Å². The minimum atomic E-state index is -0.164. The van der Waals surface area contributed by atoms with Gasteiger partial charge >= 0.3 is 0 Å². The standard InChI is InChI=1S/C25H27BrN2O2S/c26-19-4-3-5-20(11-19)27-24(30)21-6-1-2-7-22(21)31-15-23(29)28-25-12-16-8-17(13-25)10-18(9-16)14-25/h1-7,11,16-18H,8-10,12-15H2,(H,27,30)(H,28,29). The van der Waals surface area contributed by atoms with Crippen molar-refractivity contribution in [3.8, 4) is 0 Å². The summed E-state index contributed by atoms with van der Waals surface area (Å²) in [6.45, 7) is 0. The minimum absolute atomic E-state index is 0.0317. The van der Waals surface area contributed by atoms with Crippen molar-refractivity contribution >= 4 is 45.2 Å². The lowest BCUT2D eigenvalue weighted by atomic mass is 9.53. The lowest BCUT2D eigenvalue weighted by Gasteiger charge is -2.56. The molecule has 0 saturated heterocycles. The molecule has 0 aromatic heterocycles. The Balaban J connectivity index is 1.22. The molecule has 2 N–H and O–H groups in total. The predicted octanol–water partition coefficient (Wildman–Crippen LogP) is 5.88. The molecular formula is C25H27BrN2O2S. The van der Waals surface area contributed by atoms with Gasteiger partial charge in [0.15, 0.2) is 0 Å². The third-order valence-electron chi connectivity index (χ3n) is 7.02. The van der Waals surface area contributed by atoms with E-state index in [9.17, 15) is 9.59 Å². The van der Waals surface area contributed by atoms with Gasteiger partial charge < -0.3 is 10.6 Å². The lowest BCUT2D eigenvalue weighted by Crippen LogP contribution is -2.60. The molecule has 0 aliphatic heterocycles. The third kappa shape index (κ3) is 4.70. The van der Waals surface area contributed by atoms with Crippen molar-refractivity contribution in [3.05, 3.63) is 58.6 Å². The molecule has 0 radical (unpaired) electrons. The molecule has 4 aliphatic rings. The Labute approximate surface area is 196 Å². The zero-order valence-electron chi connectivity index (χ0n) is 17.4. The Morgan fingerprint density at radius 2 is 1.65 bits per heavy atom. The fourth-order valence-corrected chi connectivity index (χ4v) is 7.53. The molecule has 6 rings (SSSR count). The van der Waals surface area contributed by atoms with Crippen molar-refractivity contribution < 1.29 is 9.59 Å². The van der Waals surface area contributed by atoms with Crippen molar-refractivity contribution in [2.45, 2.75) is 49.0 Å². The number of thioether (sulfide) groups is 1. The van der Waals surface area contributed by atoms with Crippen LogP contribution in [0.1, 0.15) is 48.9 Å². The van der Waals surface area contributed by atoms with E-state index >= 15 is 0 Å². The normalized spacial score (nSPS) is 28.4. The first-order chi connectivity index (χ1) is 15.0. The molecule has 4 aliphatic carbocycles. The molecule has 6 heteroatoms. The first-order valence-corrected chi connectivity index (χ1v) is 12.9. The first-order valence-electron chi connectivity index (χ1n) is 11.1. The van der Waals surface area contributed by atoms with Crippen LogP contribution in [-0.4, -0.2) is 23.1 Å². The van der Waals surface area contributed by atoms with Crippen LogP contribution in [0.25, 0.3) is 0 Å². The molecule has 2 aromatic rings. The second-order valence-electron chi connectivity index (χ2n) is 9.50. The Morgan fingerprint density at radius 3 is 2.32 bits per heavy atom. The van der Waals surface area contributed by atoms with Gasteiger partial charge in [-0.3, -0.25) is 9.59 Å². The van der Waals surface area contributed by atoms with Gasteiger partial charge in [0.05, 0.1) is 11.3 Å². The number of rotatable bonds is 6. The molecule has 4 saturated carbocycles. The van der Waals surface area contributed by atoms with Gasteiger partial charge in [-0.1, -0.05) is 34.1 Å². The number of anilines is 1. The highest BCUT2D eigenvalue weighted by Gasteiger charge is 2.51. The van der Waals surface area contributed by atoms with Crippen LogP contribution >= 0.6 is 27.7 Å². The summed E-state index contributed by atoms with van der Waals surface area (Å²) in [7, 11) is 0. The Kier molecular flexibility index (Phi) is 5.86. The van der Waals surface area contributed by atoms with Gasteiger partial charge in [0, 0.05) is 20.6 Å². The van der Waals surface area contributed by atoms with Crippen LogP contribution in [0.3, 0.4) is 0 Å². The average molecular weight is 499 g/mol. The van der Waals surface area contributed by atoms with Crippen molar-refractivity contribution in [1.82, 2.24) is 5.32 Å². The smallest absolute Gasteiger partial charge is 0.256 e. The van der Waals surface area contributed by atoms with Crippen molar-refractivity contribution in [3.63, 3.8) is 0 Å². The highest BCUT2D eigenvalue weighted by Crippen LogP contribution is 2.55. The molecule has 4 bridgehead atoms. The number of benzene rings is 2. The van der Waals surface area contributed by atoms with Gasteiger partial charge in [0.2, 0.25) is 5.91 Å². The zero-order chi connectivity index (χ0) is 21.4. The number of carbonyl (C=O) groups excluding carboxylic acids is 2. The van der Waals surface area contributed by atoms with Crippen LogP contribution < -0.4 is 10.6 Å². The molecule has 0 spiro atoms. The van der Waals surface area contributed by atoms with Crippen LogP contribution in [0.5, 0.6) is 0 Å². The van der Waals surface area contributed by atoms with E-state index in [1.165, 1.54) is 31.0 Å². The first kappa shape index (κ1) is 21.1. The number of nitrogens with one attached hydrogen (secondary N) is 2. The van der Waals surface area contributed by atoms with Gasteiger partial charge in [-0.15, -0.1) is 11.8 Å². The highest BCUT2D eigenvalue weighted by atomic mass is 79.9. The monoisotopic (exact) mass is 498 g/mol. The molecule has 162 valence electrons. The largest absolute Gasteiger partial charge is 0.350 e. The van der Waals surface area contributed by atoms with Crippen LogP contribution in [0.2, 0.25) is 0 Å². The molecule has 2 amide bonds. The quantitative estimate of drug-likeness (QED) is 0.489. The number of hydrogen-bond acceptors (Lipinski definition) is 3. The van der Waals surface area contributed by atoms with Gasteiger partial charge in [-0.25, -0.2) is 0 Å². The van der Waals surface area contributed by atoms with E-state index < -0.39 is 0 Å². The van der Waals surface area contributed by atoms with E-state index in [1.807, 2.05) is 48.5 Å². The Hall–Kier alpha value is -1.79. The summed E-state index contributed by atoms with van der Waals surface area (Å²) in [4.78, 5) is 26.6. The molecule has 4 nitrogen and oxygen atoms in total. The van der Waals surface area contributed by atoms with Crippen molar-refractivity contribution in [2.24, 2.45) is 17.8 Å². The van der Waals surface area contributed by atoms with E-state index in [1.54, 1.807) is 0 Å². The summed E-state index contributed by atoms with van der Waals surface area (Å²) in [6.07, 6.45) is 7.56. The number of carbonyl (C=O) groups is 2. The number of amides is 2. The summed E-state index contributed by atoms with van der Waals surface area (Å²) in [5.41, 5.74) is 1.36. The number of halogens is 1. The summed E-state index contributed by atoms with van der Waals surface area (Å²) in [6, 6.07) is 15.0. The maximum absolute atomic E-state index is 12.9. The van der Waals surface area contributed by atoms with E-state index in [0.717, 1.165) is 52.1 Å². The molecule has 0 heterocycles.